The lowest BCUT2D eigenvalue weighted by molar-refractivity contribution is 0.186. The highest BCUT2D eigenvalue weighted by atomic mass is 16.5. The highest BCUT2D eigenvalue weighted by Gasteiger charge is 2.37. The van der Waals surface area contributed by atoms with Crippen molar-refractivity contribution in [1.29, 1.82) is 5.26 Å². The molecular weight excluding hydrogens is 206 g/mol. The molecule has 1 aromatic rings. The van der Waals surface area contributed by atoms with Crippen molar-refractivity contribution >= 4 is 0 Å². The Bertz CT molecular complexity index is 430. The van der Waals surface area contributed by atoms with Crippen molar-refractivity contribution in [1.82, 2.24) is 0 Å². The third-order valence-electron chi connectivity index (χ3n) is 2.97. The molecule has 0 aliphatic carbocycles. The molecule has 1 fully saturated rings. The number of nitrogens with zero attached hydrogens (tertiary/aromatic N) is 1. The smallest absolute Gasteiger partial charge is 0.160 e. The van der Waals surface area contributed by atoms with Gasteiger partial charge in [0.25, 0.3) is 0 Å². The maximum absolute atomic E-state index is 9.50. The minimum absolute atomic E-state index is 0.0817. The number of hydrogen-bond acceptors (Lipinski definition) is 4. The van der Waals surface area contributed by atoms with E-state index in [1.807, 2.05) is 0 Å². The fourth-order valence-corrected chi connectivity index (χ4v) is 1.92. The number of methoxy groups -OCH3 is 1. The zero-order chi connectivity index (χ0) is 11.6. The Balaban J connectivity index is 2.44. The maximum atomic E-state index is 9.50. The van der Waals surface area contributed by atoms with E-state index in [0.29, 0.717) is 25.4 Å². The van der Waals surface area contributed by atoms with Crippen LogP contribution in [0.3, 0.4) is 0 Å². The first-order valence-corrected chi connectivity index (χ1v) is 5.08. The van der Waals surface area contributed by atoms with E-state index in [-0.39, 0.29) is 5.75 Å². The molecule has 1 heterocycles. The van der Waals surface area contributed by atoms with Gasteiger partial charge in [0.2, 0.25) is 0 Å². The van der Waals surface area contributed by atoms with Gasteiger partial charge in [-0.3, -0.25) is 0 Å². The van der Waals surface area contributed by atoms with Crippen LogP contribution in [0.15, 0.2) is 18.2 Å². The largest absolute Gasteiger partial charge is 0.504 e. The second-order valence-corrected chi connectivity index (χ2v) is 3.88. The summed E-state index contributed by atoms with van der Waals surface area (Å²) in [5.41, 5.74) is 0.239. The molecule has 1 unspecified atom stereocenters. The van der Waals surface area contributed by atoms with Gasteiger partial charge in [-0.2, -0.15) is 5.26 Å². The molecule has 84 valence electrons. The molecule has 1 aliphatic heterocycles. The van der Waals surface area contributed by atoms with E-state index in [2.05, 4.69) is 6.07 Å². The summed E-state index contributed by atoms with van der Waals surface area (Å²) in [5, 5.41) is 18.8. The van der Waals surface area contributed by atoms with E-state index in [1.54, 1.807) is 18.2 Å². The second kappa shape index (κ2) is 4.03. The lowest BCUT2D eigenvalue weighted by Crippen LogP contribution is -2.23. The van der Waals surface area contributed by atoms with Gasteiger partial charge >= 0.3 is 0 Å². The van der Waals surface area contributed by atoms with Crippen molar-refractivity contribution in [3.05, 3.63) is 23.8 Å². The molecule has 1 saturated heterocycles. The average Bonchev–Trinajstić information content (AvgIpc) is 2.79. The molecule has 0 saturated carbocycles. The van der Waals surface area contributed by atoms with Crippen LogP contribution in [0.5, 0.6) is 11.5 Å². The Kier molecular flexibility index (Phi) is 2.71. The standard InChI is InChI=1S/C12H13NO3/c1-15-11-6-9(2-3-10(11)14)12(7-13)4-5-16-8-12/h2-3,6,14H,4-5,8H2,1H3. The summed E-state index contributed by atoms with van der Waals surface area (Å²) < 4.78 is 10.3. The Labute approximate surface area is 94.0 Å². The molecule has 1 aromatic carbocycles. The molecule has 4 heteroatoms. The van der Waals surface area contributed by atoms with Crippen LogP contribution in [-0.4, -0.2) is 25.4 Å². The molecule has 0 bridgehead atoms. The Morgan fingerprint density at radius 3 is 2.94 bits per heavy atom. The third-order valence-corrected chi connectivity index (χ3v) is 2.97. The minimum Gasteiger partial charge on any atom is -0.504 e. The molecule has 2 rings (SSSR count). The molecule has 0 aromatic heterocycles. The van der Waals surface area contributed by atoms with Gasteiger partial charge in [0.15, 0.2) is 11.5 Å². The normalized spacial score (nSPS) is 24.0. The van der Waals surface area contributed by atoms with Crippen molar-refractivity contribution in [3.8, 4) is 17.6 Å². The van der Waals surface area contributed by atoms with Crippen molar-refractivity contribution in [2.45, 2.75) is 11.8 Å². The monoisotopic (exact) mass is 219 g/mol. The zero-order valence-electron chi connectivity index (χ0n) is 9.06. The first-order valence-electron chi connectivity index (χ1n) is 5.08. The summed E-state index contributed by atoms with van der Waals surface area (Å²) in [4.78, 5) is 0. The molecular formula is C12H13NO3. The van der Waals surface area contributed by atoms with Crippen molar-refractivity contribution < 1.29 is 14.6 Å². The van der Waals surface area contributed by atoms with Crippen LogP contribution >= 0.6 is 0 Å². The average molecular weight is 219 g/mol. The maximum Gasteiger partial charge on any atom is 0.160 e. The summed E-state index contributed by atoms with van der Waals surface area (Å²) >= 11 is 0. The fourth-order valence-electron chi connectivity index (χ4n) is 1.92. The highest BCUT2D eigenvalue weighted by molar-refractivity contribution is 5.46. The number of ether oxygens (including phenoxy) is 2. The van der Waals surface area contributed by atoms with Crippen LogP contribution in [-0.2, 0) is 10.2 Å². The summed E-state index contributed by atoms with van der Waals surface area (Å²) in [7, 11) is 1.49. The summed E-state index contributed by atoms with van der Waals surface area (Å²) in [5.74, 6) is 0.470. The SMILES string of the molecule is COc1cc(C2(C#N)CCOC2)ccc1O. The Morgan fingerprint density at radius 1 is 1.56 bits per heavy atom. The van der Waals surface area contributed by atoms with Gasteiger partial charge < -0.3 is 14.6 Å². The van der Waals surface area contributed by atoms with E-state index >= 15 is 0 Å². The number of rotatable bonds is 2. The van der Waals surface area contributed by atoms with Crippen LogP contribution in [0.1, 0.15) is 12.0 Å². The number of aromatic hydroxyl groups is 1. The lowest BCUT2D eigenvalue weighted by atomic mass is 9.81. The second-order valence-electron chi connectivity index (χ2n) is 3.88. The molecule has 0 radical (unpaired) electrons. The van der Waals surface area contributed by atoms with Crippen LogP contribution in [0.25, 0.3) is 0 Å². The number of phenols is 1. The van der Waals surface area contributed by atoms with Gasteiger partial charge in [0.1, 0.15) is 5.41 Å². The number of benzene rings is 1. The minimum atomic E-state index is -0.596. The Hall–Kier alpha value is -1.73. The van der Waals surface area contributed by atoms with Crippen LogP contribution in [0, 0.1) is 11.3 Å². The van der Waals surface area contributed by atoms with E-state index in [1.165, 1.54) is 7.11 Å². The van der Waals surface area contributed by atoms with Gasteiger partial charge in [-0.25, -0.2) is 0 Å². The Morgan fingerprint density at radius 2 is 2.38 bits per heavy atom. The first-order chi connectivity index (χ1) is 7.72. The predicted molar refractivity (Wildman–Crippen MR) is 57.4 cm³/mol. The third kappa shape index (κ3) is 1.59. The van der Waals surface area contributed by atoms with Gasteiger partial charge in [-0.1, -0.05) is 6.07 Å². The van der Waals surface area contributed by atoms with E-state index < -0.39 is 5.41 Å². The number of nitriles is 1. The van der Waals surface area contributed by atoms with Gasteiger partial charge in [-0.15, -0.1) is 0 Å². The van der Waals surface area contributed by atoms with Crippen LogP contribution in [0.2, 0.25) is 0 Å². The summed E-state index contributed by atoms with van der Waals surface area (Å²) in [6, 6.07) is 7.30. The summed E-state index contributed by atoms with van der Waals surface area (Å²) in [6.07, 6.45) is 0.678. The molecule has 4 nitrogen and oxygen atoms in total. The zero-order valence-corrected chi connectivity index (χ0v) is 9.06. The molecule has 1 N–H and O–H groups in total. The van der Waals surface area contributed by atoms with Crippen molar-refractivity contribution in [2.24, 2.45) is 0 Å². The highest BCUT2D eigenvalue weighted by Crippen LogP contribution is 2.37. The molecule has 0 amide bonds. The van der Waals surface area contributed by atoms with Crippen LogP contribution < -0.4 is 4.74 Å². The van der Waals surface area contributed by atoms with Crippen molar-refractivity contribution in [2.75, 3.05) is 20.3 Å². The molecule has 0 spiro atoms. The predicted octanol–water partition coefficient (Wildman–Crippen LogP) is 1.58. The topological polar surface area (TPSA) is 62.5 Å². The number of phenolic OH excluding ortho intramolecular Hbond substituents is 1. The van der Waals surface area contributed by atoms with Crippen molar-refractivity contribution in [3.63, 3.8) is 0 Å². The van der Waals surface area contributed by atoms with E-state index in [4.69, 9.17) is 9.47 Å². The quantitative estimate of drug-likeness (QED) is 0.820. The molecule has 1 aliphatic rings. The van der Waals surface area contributed by atoms with Gasteiger partial charge in [0, 0.05) is 6.61 Å². The number of hydrogen-bond donors (Lipinski definition) is 1. The van der Waals surface area contributed by atoms with E-state index in [0.717, 1.165) is 5.56 Å². The van der Waals surface area contributed by atoms with Gasteiger partial charge in [-0.05, 0) is 24.1 Å². The lowest BCUT2D eigenvalue weighted by Gasteiger charge is -2.19. The van der Waals surface area contributed by atoms with Crippen LogP contribution in [0.4, 0.5) is 0 Å². The fraction of sp³-hybridized carbons (Fsp3) is 0.417. The van der Waals surface area contributed by atoms with Gasteiger partial charge in [0.05, 0.1) is 19.8 Å². The molecule has 16 heavy (non-hydrogen) atoms. The summed E-state index contributed by atoms with van der Waals surface area (Å²) in [6.45, 7) is 0.994. The molecule has 1 atom stereocenters. The first kappa shape index (κ1) is 10.8. The van der Waals surface area contributed by atoms with E-state index in [9.17, 15) is 10.4 Å².